The smallest absolute Gasteiger partial charge is 0.321 e. The van der Waals surface area contributed by atoms with Crippen molar-refractivity contribution >= 4 is 5.97 Å². The molecule has 1 N–H and O–H groups in total. The Balaban J connectivity index is 1.95. The maximum absolute atomic E-state index is 11.6. The van der Waals surface area contributed by atoms with Crippen LogP contribution < -0.4 is 0 Å². The van der Waals surface area contributed by atoms with Crippen LogP contribution in [-0.2, 0) is 11.2 Å². The average molecular weight is 273 g/mol. The van der Waals surface area contributed by atoms with Crippen LogP contribution in [-0.4, -0.2) is 28.6 Å². The first kappa shape index (κ1) is 13.6. The molecule has 1 aliphatic carbocycles. The lowest BCUT2D eigenvalue weighted by atomic mass is 9.96. The van der Waals surface area contributed by atoms with Crippen LogP contribution >= 0.6 is 0 Å². The monoisotopic (exact) mass is 273 g/mol. The van der Waals surface area contributed by atoms with Crippen molar-refractivity contribution < 1.29 is 9.90 Å². The number of hydrogen-bond donors (Lipinski definition) is 1. The van der Waals surface area contributed by atoms with E-state index in [0.717, 1.165) is 25.8 Å². The van der Waals surface area contributed by atoms with E-state index in [9.17, 15) is 9.90 Å². The van der Waals surface area contributed by atoms with Crippen LogP contribution in [0.2, 0.25) is 0 Å². The number of hydrogen-bond acceptors (Lipinski definition) is 2. The van der Waals surface area contributed by atoms with Gasteiger partial charge in [-0.25, -0.2) is 0 Å². The van der Waals surface area contributed by atoms with Crippen molar-refractivity contribution in [3.8, 4) is 0 Å². The second-order valence-corrected chi connectivity index (χ2v) is 6.25. The molecular formula is C17H23NO2. The van der Waals surface area contributed by atoms with E-state index < -0.39 is 5.97 Å². The number of likely N-dealkylation sites (tertiary alicyclic amines) is 1. The third-order valence-corrected chi connectivity index (χ3v) is 4.98. The summed E-state index contributed by atoms with van der Waals surface area (Å²) in [6.07, 6.45) is 5.63. The number of carboxylic acids is 1. The predicted molar refractivity (Wildman–Crippen MR) is 78.6 cm³/mol. The van der Waals surface area contributed by atoms with Crippen molar-refractivity contribution in [1.82, 2.24) is 4.90 Å². The lowest BCUT2D eigenvalue weighted by molar-refractivity contribution is -0.144. The highest BCUT2D eigenvalue weighted by Gasteiger charge is 2.41. The summed E-state index contributed by atoms with van der Waals surface area (Å²) in [6, 6.07) is 8.58. The Labute approximate surface area is 120 Å². The molecule has 3 nitrogen and oxygen atoms in total. The van der Waals surface area contributed by atoms with Crippen molar-refractivity contribution in [3.63, 3.8) is 0 Å². The van der Waals surface area contributed by atoms with E-state index in [1.165, 1.54) is 24.0 Å². The first-order chi connectivity index (χ1) is 9.68. The Morgan fingerprint density at radius 2 is 2.05 bits per heavy atom. The summed E-state index contributed by atoms with van der Waals surface area (Å²) in [5.41, 5.74) is 2.78. The molecule has 0 bridgehead atoms. The fraction of sp³-hybridized carbons (Fsp3) is 0.588. The molecule has 1 saturated heterocycles. The van der Waals surface area contributed by atoms with E-state index in [0.29, 0.717) is 6.04 Å². The first-order valence-electron chi connectivity index (χ1n) is 7.75. The molecule has 0 spiro atoms. The lowest BCUT2D eigenvalue weighted by Crippen LogP contribution is -2.41. The van der Waals surface area contributed by atoms with Crippen LogP contribution in [0, 0.1) is 5.92 Å². The van der Waals surface area contributed by atoms with Crippen LogP contribution in [0.1, 0.15) is 49.8 Å². The summed E-state index contributed by atoms with van der Waals surface area (Å²) < 4.78 is 0. The summed E-state index contributed by atoms with van der Waals surface area (Å²) in [7, 11) is 0. The quantitative estimate of drug-likeness (QED) is 0.841. The zero-order valence-electron chi connectivity index (χ0n) is 12.1. The van der Waals surface area contributed by atoms with E-state index in [1.807, 2.05) is 0 Å². The van der Waals surface area contributed by atoms with E-state index in [2.05, 4.69) is 36.1 Å². The summed E-state index contributed by atoms with van der Waals surface area (Å²) >= 11 is 0. The van der Waals surface area contributed by atoms with Crippen LogP contribution in [0.25, 0.3) is 0 Å². The molecule has 0 aromatic heterocycles. The molecular weight excluding hydrogens is 250 g/mol. The van der Waals surface area contributed by atoms with Gasteiger partial charge < -0.3 is 5.11 Å². The van der Waals surface area contributed by atoms with Gasteiger partial charge in [-0.3, -0.25) is 9.69 Å². The zero-order chi connectivity index (χ0) is 14.1. The highest BCUT2D eigenvalue weighted by atomic mass is 16.4. The lowest BCUT2D eigenvalue weighted by Gasteiger charge is -2.32. The zero-order valence-corrected chi connectivity index (χ0v) is 12.1. The fourth-order valence-corrected chi connectivity index (χ4v) is 3.95. The molecule has 3 unspecified atom stereocenters. The molecule has 2 aliphatic rings. The number of fused-ring (bicyclic) bond motifs is 1. The molecule has 0 amide bonds. The van der Waals surface area contributed by atoms with Gasteiger partial charge in [-0.2, -0.15) is 0 Å². The number of benzene rings is 1. The SMILES string of the molecule is CC1CCN(C2CCCCc3ccccc32)C1C(=O)O. The second-order valence-electron chi connectivity index (χ2n) is 6.25. The third-order valence-electron chi connectivity index (χ3n) is 4.98. The maximum Gasteiger partial charge on any atom is 0.321 e. The maximum atomic E-state index is 11.6. The number of rotatable bonds is 2. The van der Waals surface area contributed by atoms with Crippen molar-refractivity contribution in [2.45, 2.75) is 51.1 Å². The Morgan fingerprint density at radius 3 is 2.85 bits per heavy atom. The first-order valence-corrected chi connectivity index (χ1v) is 7.75. The van der Waals surface area contributed by atoms with Gasteiger partial charge in [0.05, 0.1) is 0 Å². The molecule has 1 fully saturated rings. The van der Waals surface area contributed by atoms with Gasteiger partial charge in [0.1, 0.15) is 6.04 Å². The standard InChI is InChI=1S/C17H23NO2/c1-12-10-11-18(16(12)17(19)20)15-9-5-3-7-13-6-2-4-8-14(13)15/h2,4,6,8,12,15-16H,3,5,7,9-11H2,1H3,(H,19,20). The van der Waals surface area contributed by atoms with Gasteiger partial charge in [0.15, 0.2) is 0 Å². The van der Waals surface area contributed by atoms with Gasteiger partial charge in [-0.15, -0.1) is 0 Å². The van der Waals surface area contributed by atoms with Gasteiger partial charge in [0.2, 0.25) is 0 Å². The molecule has 3 rings (SSSR count). The van der Waals surface area contributed by atoms with E-state index in [1.54, 1.807) is 0 Å². The molecule has 3 atom stereocenters. The number of nitrogens with zero attached hydrogens (tertiary/aromatic N) is 1. The van der Waals surface area contributed by atoms with Crippen LogP contribution in [0.4, 0.5) is 0 Å². The summed E-state index contributed by atoms with van der Waals surface area (Å²) in [6.45, 7) is 2.98. The average Bonchev–Trinajstić information content (AvgIpc) is 2.69. The van der Waals surface area contributed by atoms with Crippen molar-refractivity contribution in [1.29, 1.82) is 0 Å². The molecule has 20 heavy (non-hydrogen) atoms. The van der Waals surface area contributed by atoms with E-state index in [4.69, 9.17) is 0 Å². The Hall–Kier alpha value is -1.35. The van der Waals surface area contributed by atoms with Gasteiger partial charge in [-0.05, 0) is 49.3 Å². The van der Waals surface area contributed by atoms with Gasteiger partial charge >= 0.3 is 5.97 Å². The molecule has 108 valence electrons. The molecule has 1 aromatic rings. The van der Waals surface area contributed by atoms with Crippen molar-refractivity contribution in [3.05, 3.63) is 35.4 Å². The van der Waals surface area contributed by atoms with E-state index in [-0.39, 0.29) is 12.0 Å². The van der Waals surface area contributed by atoms with Crippen LogP contribution in [0.3, 0.4) is 0 Å². The molecule has 1 heterocycles. The van der Waals surface area contributed by atoms with Gasteiger partial charge in [-0.1, -0.05) is 37.6 Å². The third kappa shape index (κ3) is 2.35. The normalized spacial score (nSPS) is 30.8. The molecule has 0 radical (unpaired) electrons. The number of carbonyl (C=O) groups is 1. The highest BCUT2D eigenvalue weighted by Crippen LogP contribution is 2.39. The molecule has 1 aromatic carbocycles. The Morgan fingerprint density at radius 1 is 1.25 bits per heavy atom. The second kappa shape index (κ2) is 5.57. The highest BCUT2D eigenvalue weighted by molar-refractivity contribution is 5.74. The molecule has 1 aliphatic heterocycles. The van der Waals surface area contributed by atoms with Crippen molar-refractivity contribution in [2.75, 3.05) is 6.54 Å². The summed E-state index contributed by atoms with van der Waals surface area (Å²) in [4.78, 5) is 13.9. The minimum atomic E-state index is -0.656. The number of aliphatic carboxylic acids is 1. The Bertz CT molecular complexity index is 500. The van der Waals surface area contributed by atoms with Crippen LogP contribution in [0.5, 0.6) is 0 Å². The summed E-state index contributed by atoms with van der Waals surface area (Å²) in [5.74, 6) is -0.403. The number of aryl methyl sites for hydroxylation is 1. The van der Waals surface area contributed by atoms with Crippen molar-refractivity contribution in [2.24, 2.45) is 5.92 Å². The fourth-order valence-electron chi connectivity index (χ4n) is 3.95. The molecule has 3 heteroatoms. The topological polar surface area (TPSA) is 40.5 Å². The predicted octanol–water partition coefficient (Wildman–Crippen LogP) is 3.25. The Kier molecular flexibility index (Phi) is 3.79. The minimum Gasteiger partial charge on any atom is -0.480 e. The van der Waals surface area contributed by atoms with Gasteiger partial charge in [0, 0.05) is 6.04 Å². The van der Waals surface area contributed by atoms with Crippen LogP contribution in [0.15, 0.2) is 24.3 Å². The van der Waals surface area contributed by atoms with Gasteiger partial charge in [0.25, 0.3) is 0 Å². The summed E-state index contributed by atoms with van der Waals surface area (Å²) in [5, 5.41) is 9.56. The molecule has 0 saturated carbocycles. The number of carboxylic acid groups (broad SMARTS) is 1. The van der Waals surface area contributed by atoms with E-state index >= 15 is 0 Å². The largest absolute Gasteiger partial charge is 0.480 e. The minimum absolute atomic E-state index is 0.253.